The second kappa shape index (κ2) is 20.9. The number of hydrogen-bond acceptors (Lipinski definition) is 7. The van der Waals surface area contributed by atoms with Gasteiger partial charge in [0.15, 0.2) is 0 Å². The van der Waals surface area contributed by atoms with Gasteiger partial charge < -0.3 is 19.1 Å². The largest absolute Gasteiger partial charge is 0.465 e. The molecule has 0 aromatic carbocycles. The van der Waals surface area contributed by atoms with Crippen molar-refractivity contribution in [3.05, 3.63) is 24.3 Å². The normalized spacial score (nSPS) is 24.2. The summed E-state index contributed by atoms with van der Waals surface area (Å²) in [6, 6.07) is 0. The van der Waals surface area contributed by atoms with Gasteiger partial charge in [0.05, 0.1) is 11.3 Å². The average Bonchev–Trinajstić information content (AvgIpc) is 3.42. The number of carbonyl (C=O) groups is 3. The fourth-order valence-electron chi connectivity index (χ4n) is 7.80. The van der Waals surface area contributed by atoms with E-state index in [9.17, 15) is 14.4 Å². The van der Waals surface area contributed by atoms with E-state index in [2.05, 4.69) is 31.2 Å². The van der Waals surface area contributed by atoms with E-state index in [1.54, 1.807) is 0 Å². The van der Waals surface area contributed by atoms with Crippen molar-refractivity contribution in [3.8, 4) is 0 Å². The fourth-order valence-corrected chi connectivity index (χ4v) is 7.80. The Morgan fingerprint density at radius 3 is 1.89 bits per heavy atom. The van der Waals surface area contributed by atoms with Crippen molar-refractivity contribution >= 4 is 17.9 Å². The number of allylic oxidation sites excluding steroid dienone is 4. The zero-order chi connectivity index (χ0) is 32.3. The Morgan fingerprint density at radius 2 is 1.27 bits per heavy atom. The number of unbranched alkanes of at least 4 members (excludes halogenated alkanes) is 8. The van der Waals surface area contributed by atoms with Gasteiger partial charge in [0.2, 0.25) is 0 Å². The quantitative estimate of drug-likeness (QED) is 0.0436. The van der Waals surface area contributed by atoms with Crippen molar-refractivity contribution in [2.75, 3.05) is 40.5 Å². The predicted molar refractivity (Wildman–Crippen MR) is 180 cm³/mol. The van der Waals surface area contributed by atoms with Crippen LogP contribution in [-0.2, 0) is 28.6 Å². The highest BCUT2D eigenvalue weighted by molar-refractivity contribution is 5.78. The summed E-state index contributed by atoms with van der Waals surface area (Å²) in [5, 5.41) is 0. The molecule has 256 valence electrons. The molecule has 0 spiro atoms. The Morgan fingerprint density at radius 1 is 0.711 bits per heavy atom. The summed E-state index contributed by atoms with van der Waals surface area (Å²) in [6.07, 6.45) is 28.6. The maximum absolute atomic E-state index is 13.3. The molecule has 4 aliphatic rings. The minimum Gasteiger partial charge on any atom is -0.465 e. The molecule has 0 heterocycles. The highest BCUT2D eigenvalue weighted by Crippen LogP contribution is 2.65. The Bertz CT molecular complexity index is 929. The molecule has 45 heavy (non-hydrogen) atoms. The minimum atomic E-state index is -0.354. The molecule has 3 atom stereocenters. The van der Waals surface area contributed by atoms with Gasteiger partial charge in [0.1, 0.15) is 19.8 Å². The summed E-state index contributed by atoms with van der Waals surface area (Å²) in [7, 11) is 3.95. The summed E-state index contributed by atoms with van der Waals surface area (Å²) in [5.74, 6) is 0.856. The van der Waals surface area contributed by atoms with Crippen molar-refractivity contribution in [2.45, 2.75) is 129 Å². The third kappa shape index (κ3) is 13.6. The first-order chi connectivity index (χ1) is 21.8. The molecule has 4 fully saturated rings. The summed E-state index contributed by atoms with van der Waals surface area (Å²) in [4.78, 5) is 40.2. The smallest absolute Gasteiger partial charge is 0.312 e. The van der Waals surface area contributed by atoms with Gasteiger partial charge in [0.25, 0.3) is 0 Å². The van der Waals surface area contributed by atoms with Crippen LogP contribution in [0.2, 0.25) is 0 Å². The van der Waals surface area contributed by atoms with E-state index >= 15 is 0 Å². The van der Waals surface area contributed by atoms with Crippen LogP contribution in [0.25, 0.3) is 0 Å². The van der Waals surface area contributed by atoms with Crippen LogP contribution in [0.1, 0.15) is 129 Å². The lowest BCUT2D eigenvalue weighted by Gasteiger charge is -2.31. The summed E-state index contributed by atoms with van der Waals surface area (Å²) >= 11 is 0. The molecule has 4 bridgehead atoms. The van der Waals surface area contributed by atoms with Gasteiger partial charge in [-0.2, -0.15) is 0 Å². The number of carbonyl (C=O) groups excluding carboxylic acids is 3. The summed E-state index contributed by atoms with van der Waals surface area (Å²) < 4.78 is 17.0. The molecule has 0 radical (unpaired) electrons. The highest BCUT2D eigenvalue weighted by atomic mass is 16.6. The molecule has 4 rings (SSSR count). The molecular weight excluding hydrogens is 566 g/mol. The van der Waals surface area contributed by atoms with Crippen LogP contribution in [0.15, 0.2) is 24.3 Å². The molecule has 0 saturated heterocycles. The van der Waals surface area contributed by atoms with Crippen LogP contribution in [0.4, 0.5) is 0 Å². The van der Waals surface area contributed by atoms with Gasteiger partial charge in [-0.25, -0.2) is 0 Å². The molecule has 0 amide bonds. The molecule has 7 heteroatoms. The van der Waals surface area contributed by atoms with E-state index in [4.69, 9.17) is 14.2 Å². The molecule has 3 unspecified atom stereocenters. The number of esters is 3. The number of rotatable bonds is 25. The first-order valence-electron chi connectivity index (χ1n) is 18.3. The Hall–Kier alpha value is -2.15. The third-order valence-corrected chi connectivity index (χ3v) is 10.1. The van der Waals surface area contributed by atoms with Gasteiger partial charge in [-0.05, 0) is 115 Å². The predicted octanol–water partition coefficient (Wildman–Crippen LogP) is 8.21. The molecule has 7 nitrogen and oxygen atoms in total. The van der Waals surface area contributed by atoms with E-state index < -0.39 is 0 Å². The lowest BCUT2D eigenvalue weighted by Crippen LogP contribution is -2.36. The SMILES string of the molecule is CCCCC/C=C\C/C=C\CCCCCCCC(=O)OCC(COC(=O)CCCN(C)C)COC(=O)C12CC3CC(CC1C3)C2. The van der Waals surface area contributed by atoms with Crippen LogP contribution in [0.3, 0.4) is 0 Å². The lowest BCUT2D eigenvalue weighted by molar-refractivity contribution is -0.162. The second-order valence-corrected chi connectivity index (χ2v) is 14.4. The van der Waals surface area contributed by atoms with E-state index in [1.165, 1.54) is 44.9 Å². The molecular formula is C38H63NO6. The van der Waals surface area contributed by atoms with E-state index in [-0.39, 0.29) is 49.1 Å². The standard InChI is InChI=1S/C38H63NO6/c1-4-5-6-7-8-9-10-11-12-13-14-15-16-17-18-20-35(40)43-28-33(29-44-36(41)21-19-22-39(2)3)30-45-37(42)38-26-31-23-32(27-38)25-34(38)24-31/h8-9,11-12,31-34H,4-7,10,13-30H2,1-3H3/b9-8-,12-11-. The van der Waals surface area contributed by atoms with Gasteiger partial charge in [-0.1, -0.05) is 63.3 Å². The molecule has 0 aliphatic heterocycles. The van der Waals surface area contributed by atoms with Crippen LogP contribution >= 0.6 is 0 Å². The van der Waals surface area contributed by atoms with Crippen LogP contribution < -0.4 is 0 Å². The van der Waals surface area contributed by atoms with Crippen molar-refractivity contribution in [1.29, 1.82) is 0 Å². The lowest BCUT2D eigenvalue weighted by atomic mass is 9.75. The monoisotopic (exact) mass is 629 g/mol. The Labute approximate surface area is 273 Å². The minimum absolute atomic E-state index is 0.0871. The van der Waals surface area contributed by atoms with Crippen molar-refractivity contribution in [2.24, 2.45) is 29.1 Å². The highest BCUT2D eigenvalue weighted by Gasteiger charge is 2.62. The van der Waals surface area contributed by atoms with Gasteiger partial charge in [-0.3, -0.25) is 14.4 Å². The molecule has 4 saturated carbocycles. The van der Waals surface area contributed by atoms with Crippen molar-refractivity contribution in [3.63, 3.8) is 0 Å². The van der Waals surface area contributed by atoms with E-state index in [0.29, 0.717) is 30.6 Å². The van der Waals surface area contributed by atoms with Crippen molar-refractivity contribution in [1.82, 2.24) is 4.90 Å². The Balaban J connectivity index is 1.29. The molecule has 0 N–H and O–H groups in total. The van der Waals surface area contributed by atoms with E-state index in [1.807, 2.05) is 19.0 Å². The zero-order valence-electron chi connectivity index (χ0n) is 28.8. The number of hydrogen-bond donors (Lipinski definition) is 0. The third-order valence-electron chi connectivity index (χ3n) is 10.1. The summed E-state index contributed by atoms with van der Waals surface area (Å²) in [5.41, 5.74) is -0.307. The van der Waals surface area contributed by atoms with Crippen LogP contribution in [0.5, 0.6) is 0 Å². The van der Waals surface area contributed by atoms with Crippen LogP contribution in [0, 0.1) is 29.1 Å². The maximum atomic E-state index is 13.3. The second-order valence-electron chi connectivity index (χ2n) is 14.4. The van der Waals surface area contributed by atoms with Crippen molar-refractivity contribution < 1.29 is 28.6 Å². The molecule has 4 aliphatic carbocycles. The summed E-state index contributed by atoms with van der Waals surface area (Å²) in [6.45, 7) is 3.35. The van der Waals surface area contributed by atoms with Crippen LogP contribution in [-0.4, -0.2) is 63.3 Å². The average molecular weight is 630 g/mol. The maximum Gasteiger partial charge on any atom is 0.312 e. The molecule has 0 aromatic rings. The Kier molecular flexibility index (Phi) is 17.3. The van der Waals surface area contributed by atoms with Gasteiger partial charge in [-0.15, -0.1) is 0 Å². The zero-order valence-corrected chi connectivity index (χ0v) is 28.8. The fraction of sp³-hybridized carbons (Fsp3) is 0.816. The van der Waals surface area contributed by atoms with Gasteiger partial charge >= 0.3 is 17.9 Å². The number of ether oxygens (including phenoxy) is 3. The number of nitrogens with zero attached hydrogens (tertiary/aromatic N) is 1. The first kappa shape index (κ1) is 37.3. The van der Waals surface area contributed by atoms with Gasteiger partial charge in [0, 0.05) is 12.8 Å². The molecule has 0 aromatic heterocycles. The first-order valence-corrected chi connectivity index (χ1v) is 18.3. The van der Waals surface area contributed by atoms with E-state index in [0.717, 1.165) is 70.8 Å². The topological polar surface area (TPSA) is 82.1 Å².